The molecule has 4 atom stereocenters. The Labute approximate surface area is 148 Å². The summed E-state index contributed by atoms with van der Waals surface area (Å²) in [5, 5.41) is 0. The third kappa shape index (κ3) is 2.35. The van der Waals surface area contributed by atoms with Crippen LogP contribution in [0, 0.1) is 22.7 Å². The van der Waals surface area contributed by atoms with Crippen LogP contribution in [0.4, 0.5) is 0 Å². The topological polar surface area (TPSA) is 61.8 Å². The number of hydrogen-bond acceptors (Lipinski definition) is 5. The van der Waals surface area contributed by atoms with Crippen LogP contribution in [0.15, 0.2) is 36.3 Å². The van der Waals surface area contributed by atoms with E-state index in [1.54, 1.807) is 12.2 Å². The summed E-state index contributed by atoms with van der Waals surface area (Å²) in [6.07, 6.45) is 7.98. The summed E-state index contributed by atoms with van der Waals surface area (Å²) in [7, 11) is 1.46. The van der Waals surface area contributed by atoms with E-state index in [1.807, 2.05) is 13.0 Å². The van der Waals surface area contributed by atoms with Gasteiger partial charge >= 0.3 is 5.97 Å². The van der Waals surface area contributed by atoms with Gasteiger partial charge in [-0.2, -0.15) is 0 Å². The Morgan fingerprint density at radius 3 is 2.68 bits per heavy atom. The van der Waals surface area contributed by atoms with E-state index in [0.717, 1.165) is 24.8 Å². The van der Waals surface area contributed by atoms with Gasteiger partial charge in [-0.25, -0.2) is 0 Å². The van der Waals surface area contributed by atoms with E-state index < -0.39 is 22.9 Å². The molecule has 0 unspecified atom stereocenters. The van der Waals surface area contributed by atoms with Crippen molar-refractivity contribution >= 4 is 12.4 Å². The van der Waals surface area contributed by atoms with Crippen molar-refractivity contribution in [1.82, 2.24) is 0 Å². The molecule has 5 nitrogen and oxygen atoms in total. The number of ether oxygens (including phenoxy) is 3. The van der Waals surface area contributed by atoms with Crippen LogP contribution in [-0.2, 0) is 23.8 Å². The van der Waals surface area contributed by atoms with Crippen molar-refractivity contribution in [2.45, 2.75) is 45.6 Å². The molecule has 2 aliphatic carbocycles. The van der Waals surface area contributed by atoms with Gasteiger partial charge in [-0.3, -0.25) is 9.59 Å². The molecule has 1 aliphatic heterocycles. The monoisotopic (exact) mass is 346 g/mol. The highest BCUT2D eigenvalue weighted by Crippen LogP contribution is 2.63. The first-order valence-corrected chi connectivity index (χ1v) is 8.68. The van der Waals surface area contributed by atoms with Gasteiger partial charge in [0.05, 0.1) is 7.11 Å². The fourth-order valence-electron chi connectivity index (χ4n) is 5.07. The molecule has 0 N–H and O–H groups in total. The zero-order valence-corrected chi connectivity index (χ0v) is 15.3. The Morgan fingerprint density at radius 1 is 1.36 bits per heavy atom. The van der Waals surface area contributed by atoms with Gasteiger partial charge in [-0.1, -0.05) is 32.9 Å². The maximum Gasteiger partial charge on any atom is 0.322 e. The lowest BCUT2D eigenvalue weighted by molar-refractivity contribution is -0.195. The third-order valence-electron chi connectivity index (χ3n) is 6.44. The van der Waals surface area contributed by atoms with Crippen molar-refractivity contribution in [3.63, 3.8) is 0 Å². The van der Waals surface area contributed by atoms with Crippen LogP contribution < -0.4 is 0 Å². The Bertz CT molecular complexity index is 674. The molecule has 0 amide bonds. The molecule has 3 rings (SSSR count). The summed E-state index contributed by atoms with van der Waals surface area (Å²) in [4.78, 5) is 24.7. The van der Waals surface area contributed by atoms with E-state index in [9.17, 15) is 9.59 Å². The molecule has 136 valence electrons. The van der Waals surface area contributed by atoms with Crippen molar-refractivity contribution < 1.29 is 23.8 Å². The first-order valence-electron chi connectivity index (χ1n) is 8.68. The lowest BCUT2D eigenvalue weighted by Crippen LogP contribution is -2.64. The normalized spacial score (nSPS) is 39.0. The van der Waals surface area contributed by atoms with Gasteiger partial charge in [0.15, 0.2) is 5.60 Å². The zero-order chi connectivity index (χ0) is 18.5. The number of esters is 1. The highest BCUT2D eigenvalue weighted by atomic mass is 16.7. The molecule has 25 heavy (non-hydrogen) atoms. The molecule has 0 radical (unpaired) electrons. The van der Waals surface area contributed by atoms with Gasteiger partial charge in [0.1, 0.15) is 5.92 Å². The van der Waals surface area contributed by atoms with Crippen LogP contribution in [0.3, 0.4) is 0 Å². The van der Waals surface area contributed by atoms with Crippen LogP contribution in [0.5, 0.6) is 0 Å². The minimum absolute atomic E-state index is 0.00299. The maximum absolute atomic E-state index is 13.1. The molecule has 1 heterocycles. The van der Waals surface area contributed by atoms with Gasteiger partial charge in [0, 0.05) is 17.4 Å². The Morgan fingerprint density at radius 2 is 2.08 bits per heavy atom. The first kappa shape index (κ1) is 17.8. The third-order valence-corrected chi connectivity index (χ3v) is 6.44. The largest absolute Gasteiger partial charge is 0.468 e. The van der Waals surface area contributed by atoms with Crippen LogP contribution in [0.25, 0.3) is 0 Å². The molecule has 0 spiro atoms. The summed E-state index contributed by atoms with van der Waals surface area (Å²) in [6.45, 7) is 10.7. The molecule has 0 aromatic rings. The zero-order valence-electron chi connectivity index (χ0n) is 15.3. The van der Waals surface area contributed by atoms with Crippen molar-refractivity contribution in [3.05, 3.63) is 36.3 Å². The highest BCUT2D eigenvalue weighted by Gasteiger charge is 2.67. The van der Waals surface area contributed by atoms with Crippen LogP contribution >= 0.6 is 0 Å². The van der Waals surface area contributed by atoms with Gasteiger partial charge < -0.3 is 14.2 Å². The van der Waals surface area contributed by atoms with Gasteiger partial charge in [0.2, 0.25) is 0 Å². The van der Waals surface area contributed by atoms with E-state index in [4.69, 9.17) is 14.2 Å². The molecular formula is C20H26O5. The minimum Gasteiger partial charge on any atom is -0.468 e. The Balaban J connectivity index is 2.32. The predicted molar refractivity (Wildman–Crippen MR) is 92.1 cm³/mol. The Kier molecular flexibility index (Phi) is 4.09. The highest BCUT2D eigenvalue weighted by molar-refractivity contribution is 5.79. The Hall–Kier alpha value is -2.04. The van der Waals surface area contributed by atoms with Gasteiger partial charge in [0.25, 0.3) is 12.4 Å². The lowest BCUT2D eigenvalue weighted by atomic mass is 9.47. The summed E-state index contributed by atoms with van der Waals surface area (Å²) < 4.78 is 16.5. The average molecular weight is 346 g/mol. The van der Waals surface area contributed by atoms with E-state index in [-0.39, 0.29) is 17.3 Å². The summed E-state index contributed by atoms with van der Waals surface area (Å²) in [6, 6.07) is 0. The number of cyclic esters (lactones) is 1. The van der Waals surface area contributed by atoms with E-state index >= 15 is 0 Å². The number of allylic oxidation sites excluding steroid dienone is 2. The number of hydrogen-bond donors (Lipinski definition) is 0. The second-order valence-electron chi connectivity index (χ2n) is 8.18. The lowest BCUT2D eigenvalue weighted by Gasteiger charge is -2.59. The first-order chi connectivity index (χ1) is 11.7. The molecule has 0 saturated heterocycles. The summed E-state index contributed by atoms with van der Waals surface area (Å²) >= 11 is 0. The quantitative estimate of drug-likeness (QED) is 0.443. The van der Waals surface area contributed by atoms with Crippen molar-refractivity contribution in [1.29, 1.82) is 0 Å². The number of carbonyl (C=O) groups is 2. The van der Waals surface area contributed by atoms with Crippen molar-refractivity contribution in [3.8, 4) is 0 Å². The van der Waals surface area contributed by atoms with Crippen LogP contribution in [-0.4, -0.2) is 25.2 Å². The second kappa shape index (κ2) is 5.75. The van der Waals surface area contributed by atoms with E-state index in [1.165, 1.54) is 7.11 Å². The number of carbonyl (C=O) groups excluding carboxylic acids is 2. The van der Waals surface area contributed by atoms with Gasteiger partial charge in [-0.05, 0) is 30.3 Å². The smallest absolute Gasteiger partial charge is 0.322 e. The molecule has 1 fully saturated rings. The fourth-order valence-corrected chi connectivity index (χ4v) is 5.07. The fraction of sp³-hybridized carbons (Fsp3) is 0.600. The molecular weight excluding hydrogens is 320 g/mol. The van der Waals surface area contributed by atoms with E-state index in [2.05, 4.69) is 20.4 Å². The average Bonchev–Trinajstić information content (AvgIpc) is 2.68. The molecule has 0 aromatic carbocycles. The number of rotatable bonds is 4. The predicted octanol–water partition coefficient (Wildman–Crippen LogP) is 3.52. The molecule has 3 aliphatic rings. The number of methoxy groups -OCH3 is 1. The summed E-state index contributed by atoms with van der Waals surface area (Å²) in [5.41, 5.74) is -0.939. The standard InChI is InChI=1S/C20H26O5/c1-6-19(4)10-8-14-18(2,3)9-7-13-11-15(23-5)25-17(22)16(19)20(13,14)24-12-21/h6-7,11-12,14,16H,1,8-10H2,2-5H3/t14-,16-,19+,20+/m0/s1. The maximum atomic E-state index is 13.1. The molecule has 0 bridgehead atoms. The van der Waals surface area contributed by atoms with Crippen LogP contribution in [0.2, 0.25) is 0 Å². The summed E-state index contributed by atoms with van der Waals surface area (Å²) in [5.74, 6) is -0.980. The second-order valence-corrected chi connectivity index (χ2v) is 8.18. The SMILES string of the molecule is C=C[C@]1(C)CC[C@H]2C(C)(C)CC=C3C=C(OC)OC(=O)[C@@H]1[C@@]32OC=O. The van der Waals surface area contributed by atoms with E-state index in [0.29, 0.717) is 6.47 Å². The molecule has 5 heteroatoms. The molecule has 1 saturated carbocycles. The van der Waals surface area contributed by atoms with Crippen molar-refractivity contribution in [2.75, 3.05) is 7.11 Å². The molecule has 0 aromatic heterocycles. The minimum atomic E-state index is -1.07. The van der Waals surface area contributed by atoms with Gasteiger partial charge in [-0.15, -0.1) is 6.58 Å². The van der Waals surface area contributed by atoms with Crippen LogP contribution in [0.1, 0.15) is 40.0 Å². The van der Waals surface area contributed by atoms with Crippen molar-refractivity contribution in [2.24, 2.45) is 22.7 Å².